The second-order valence-electron chi connectivity index (χ2n) is 7.42. The Labute approximate surface area is 158 Å². The number of hydrogen-bond donors (Lipinski definition) is 0. The maximum atomic E-state index is 12.4. The van der Waals surface area contributed by atoms with Gasteiger partial charge in [0.25, 0.3) is 15.9 Å². The van der Waals surface area contributed by atoms with Crippen molar-refractivity contribution in [2.75, 3.05) is 6.54 Å². The van der Waals surface area contributed by atoms with Gasteiger partial charge >= 0.3 is 5.97 Å². The molecule has 0 fully saturated rings. The van der Waals surface area contributed by atoms with Crippen molar-refractivity contribution in [1.29, 1.82) is 0 Å². The van der Waals surface area contributed by atoms with Crippen LogP contribution in [0.15, 0.2) is 53.4 Å². The number of carbonyl (C=O) groups is 2. The van der Waals surface area contributed by atoms with E-state index in [-0.39, 0.29) is 22.5 Å². The first kappa shape index (κ1) is 19.1. The van der Waals surface area contributed by atoms with Crippen LogP contribution in [0.5, 0.6) is 0 Å². The molecule has 1 aliphatic heterocycles. The van der Waals surface area contributed by atoms with Gasteiger partial charge in [0.15, 0.2) is 0 Å². The Kier molecular flexibility index (Phi) is 4.82. The smallest absolute Gasteiger partial charge is 0.327 e. The Morgan fingerprint density at radius 1 is 1.04 bits per heavy atom. The highest BCUT2D eigenvalue weighted by atomic mass is 32.2. The monoisotopic (exact) mass is 387 g/mol. The molecule has 2 aromatic rings. The fourth-order valence-corrected chi connectivity index (χ4v) is 4.33. The molecule has 0 radical (unpaired) electrons. The third-order valence-electron chi connectivity index (χ3n) is 4.40. The van der Waals surface area contributed by atoms with Gasteiger partial charge in [0.05, 0.1) is 5.56 Å². The van der Waals surface area contributed by atoms with E-state index in [1.807, 2.05) is 24.3 Å². The number of amides is 1. The molecule has 0 N–H and O–H groups in total. The van der Waals surface area contributed by atoms with Crippen LogP contribution in [0.2, 0.25) is 0 Å². The van der Waals surface area contributed by atoms with Crippen LogP contribution in [0.1, 0.15) is 42.3 Å². The number of esters is 1. The molecular formula is C20H21NO5S. The maximum Gasteiger partial charge on any atom is 0.327 e. The normalized spacial score (nSPS) is 15.5. The third-order valence-corrected chi connectivity index (χ3v) is 6.19. The number of benzene rings is 2. The number of rotatable bonds is 4. The van der Waals surface area contributed by atoms with Gasteiger partial charge in [-0.3, -0.25) is 9.59 Å². The van der Waals surface area contributed by atoms with Gasteiger partial charge in [0.1, 0.15) is 18.0 Å². The van der Waals surface area contributed by atoms with Crippen LogP contribution in [0, 0.1) is 0 Å². The predicted octanol–water partition coefficient (Wildman–Crippen LogP) is 2.87. The molecule has 3 rings (SSSR count). The highest BCUT2D eigenvalue weighted by Crippen LogP contribution is 2.29. The van der Waals surface area contributed by atoms with Crippen LogP contribution < -0.4 is 0 Å². The van der Waals surface area contributed by atoms with Gasteiger partial charge in [-0.25, -0.2) is 12.7 Å². The van der Waals surface area contributed by atoms with Crippen molar-refractivity contribution in [2.24, 2.45) is 0 Å². The molecule has 0 atom stereocenters. The lowest BCUT2D eigenvalue weighted by molar-refractivity contribution is -0.144. The second-order valence-corrected chi connectivity index (χ2v) is 9.25. The largest absolute Gasteiger partial charge is 0.459 e. The van der Waals surface area contributed by atoms with E-state index >= 15 is 0 Å². The van der Waals surface area contributed by atoms with E-state index in [1.54, 1.807) is 6.07 Å². The van der Waals surface area contributed by atoms with Gasteiger partial charge in [-0.05, 0) is 28.7 Å². The standard InChI is InChI=1S/C20H21NO5S/c1-20(2,3)15-10-8-14(9-11-15)13-26-18(22)12-21-19(23)16-6-4-5-7-17(16)27(21,24)25/h4-11H,12-13H2,1-3H3. The molecule has 1 aliphatic rings. The molecule has 7 heteroatoms. The summed E-state index contributed by atoms with van der Waals surface area (Å²) in [6.45, 7) is 5.68. The Morgan fingerprint density at radius 3 is 2.26 bits per heavy atom. The van der Waals surface area contributed by atoms with E-state index < -0.39 is 28.4 Å². The zero-order valence-electron chi connectivity index (χ0n) is 15.4. The summed E-state index contributed by atoms with van der Waals surface area (Å²) in [5.41, 5.74) is 2.04. The summed E-state index contributed by atoms with van der Waals surface area (Å²) < 4.78 is 30.6. The van der Waals surface area contributed by atoms with Gasteiger partial charge in [-0.1, -0.05) is 57.2 Å². The molecule has 0 saturated carbocycles. The van der Waals surface area contributed by atoms with Crippen LogP contribution in [-0.2, 0) is 31.6 Å². The minimum atomic E-state index is -4.01. The zero-order chi connectivity index (χ0) is 19.8. The van der Waals surface area contributed by atoms with Gasteiger partial charge in [0.2, 0.25) is 0 Å². The number of nitrogens with zero attached hydrogens (tertiary/aromatic N) is 1. The average Bonchev–Trinajstić information content (AvgIpc) is 2.81. The molecule has 0 saturated heterocycles. The van der Waals surface area contributed by atoms with Crippen molar-refractivity contribution in [1.82, 2.24) is 4.31 Å². The number of ether oxygens (including phenoxy) is 1. The molecule has 142 valence electrons. The molecule has 1 heterocycles. The number of hydrogen-bond acceptors (Lipinski definition) is 5. The summed E-state index contributed by atoms with van der Waals surface area (Å²) in [6, 6.07) is 13.6. The molecule has 0 aromatic heterocycles. The van der Waals surface area contributed by atoms with E-state index in [0.717, 1.165) is 11.1 Å². The summed E-state index contributed by atoms with van der Waals surface area (Å²) in [5, 5.41) is 0. The molecule has 6 nitrogen and oxygen atoms in total. The van der Waals surface area contributed by atoms with Gasteiger partial charge in [-0.15, -0.1) is 0 Å². The second kappa shape index (κ2) is 6.81. The Hall–Kier alpha value is -2.67. The lowest BCUT2D eigenvalue weighted by Crippen LogP contribution is -2.35. The van der Waals surface area contributed by atoms with Crippen molar-refractivity contribution < 1.29 is 22.7 Å². The number of fused-ring (bicyclic) bond motifs is 1. The van der Waals surface area contributed by atoms with Crippen molar-refractivity contribution >= 4 is 21.9 Å². The van der Waals surface area contributed by atoms with E-state index in [2.05, 4.69) is 20.8 Å². The number of carbonyl (C=O) groups excluding carboxylic acids is 2. The Balaban J connectivity index is 1.64. The molecule has 0 bridgehead atoms. The summed E-state index contributed by atoms with van der Waals surface area (Å²) in [6.07, 6.45) is 0. The topological polar surface area (TPSA) is 80.8 Å². The molecule has 0 unspecified atom stereocenters. The van der Waals surface area contributed by atoms with Crippen LogP contribution in [-0.4, -0.2) is 31.1 Å². The molecule has 0 spiro atoms. The highest BCUT2D eigenvalue weighted by molar-refractivity contribution is 7.90. The fraction of sp³-hybridized carbons (Fsp3) is 0.300. The van der Waals surface area contributed by atoms with Crippen LogP contribution in [0.3, 0.4) is 0 Å². The van der Waals surface area contributed by atoms with Gasteiger partial charge in [-0.2, -0.15) is 0 Å². The molecular weight excluding hydrogens is 366 g/mol. The first-order valence-corrected chi connectivity index (χ1v) is 9.96. The minimum absolute atomic E-state index is 0.0122. The van der Waals surface area contributed by atoms with Crippen LogP contribution in [0.25, 0.3) is 0 Å². The Bertz CT molecular complexity index is 988. The predicted molar refractivity (Wildman–Crippen MR) is 99.6 cm³/mol. The summed E-state index contributed by atoms with van der Waals surface area (Å²) in [7, 11) is -4.01. The molecule has 2 aromatic carbocycles. The summed E-state index contributed by atoms with van der Waals surface area (Å²) in [4.78, 5) is 24.3. The van der Waals surface area contributed by atoms with Crippen LogP contribution >= 0.6 is 0 Å². The SMILES string of the molecule is CC(C)(C)c1ccc(COC(=O)CN2C(=O)c3ccccc3S2(=O)=O)cc1. The van der Waals surface area contributed by atoms with E-state index in [9.17, 15) is 18.0 Å². The van der Waals surface area contributed by atoms with Crippen molar-refractivity contribution in [3.8, 4) is 0 Å². The van der Waals surface area contributed by atoms with Crippen LogP contribution in [0.4, 0.5) is 0 Å². The lowest BCUT2D eigenvalue weighted by atomic mass is 9.87. The minimum Gasteiger partial charge on any atom is -0.459 e. The average molecular weight is 387 g/mol. The van der Waals surface area contributed by atoms with Gasteiger partial charge < -0.3 is 4.74 Å². The lowest BCUT2D eigenvalue weighted by Gasteiger charge is -2.19. The highest BCUT2D eigenvalue weighted by Gasteiger charge is 2.42. The Morgan fingerprint density at radius 2 is 1.67 bits per heavy atom. The molecule has 27 heavy (non-hydrogen) atoms. The number of sulfonamides is 1. The van der Waals surface area contributed by atoms with Crippen molar-refractivity contribution in [2.45, 2.75) is 37.7 Å². The summed E-state index contributed by atoms with van der Waals surface area (Å²) >= 11 is 0. The summed E-state index contributed by atoms with van der Waals surface area (Å²) in [5.74, 6) is -1.49. The third kappa shape index (κ3) is 3.73. The van der Waals surface area contributed by atoms with E-state index in [1.165, 1.54) is 18.2 Å². The maximum absolute atomic E-state index is 12.4. The molecule has 0 aliphatic carbocycles. The van der Waals surface area contributed by atoms with Crippen molar-refractivity contribution in [3.05, 3.63) is 65.2 Å². The first-order chi connectivity index (χ1) is 12.6. The van der Waals surface area contributed by atoms with E-state index in [4.69, 9.17) is 4.74 Å². The fourth-order valence-electron chi connectivity index (χ4n) is 2.81. The first-order valence-electron chi connectivity index (χ1n) is 8.52. The van der Waals surface area contributed by atoms with Gasteiger partial charge in [0, 0.05) is 0 Å². The van der Waals surface area contributed by atoms with Crippen molar-refractivity contribution in [3.63, 3.8) is 0 Å². The molecule has 1 amide bonds. The van der Waals surface area contributed by atoms with E-state index in [0.29, 0.717) is 4.31 Å². The quantitative estimate of drug-likeness (QED) is 0.754. The zero-order valence-corrected chi connectivity index (χ0v) is 16.2.